The number of nitrogens with zero attached hydrogens (tertiary/aromatic N) is 5. The molecule has 1 aliphatic carbocycles. The summed E-state index contributed by atoms with van der Waals surface area (Å²) < 4.78 is 3.62. The summed E-state index contributed by atoms with van der Waals surface area (Å²) in [5.41, 5.74) is 2.64. The molecule has 0 aliphatic heterocycles. The Morgan fingerprint density at radius 2 is 2.28 bits per heavy atom. The number of hydrogen-bond donors (Lipinski definition) is 1. The van der Waals surface area contributed by atoms with E-state index < -0.39 is 0 Å². The molecule has 7 heteroatoms. The smallest absolute Gasteiger partial charge is 0.272 e. The largest absolute Gasteiger partial charge is 0.344 e. The molecule has 0 bridgehead atoms. The van der Waals surface area contributed by atoms with Crippen molar-refractivity contribution in [2.24, 2.45) is 0 Å². The first-order valence-corrected chi connectivity index (χ1v) is 8.58. The Morgan fingerprint density at radius 1 is 1.36 bits per heavy atom. The van der Waals surface area contributed by atoms with E-state index in [1.165, 1.54) is 0 Å². The van der Waals surface area contributed by atoms with Crippen LogP contribution in [0.5, 0.6) is 0 Å². The molecule has 3 heterocycles. The van der Waals surface area contributed by atoms with Gasteiger partial charge in [-0.15, -0.1) is 0 Å². The lowest BCUT2D eigenvalue weighted by atomic mass is 9.93. The van der Waals surface area contributed by atoms with Crippen molar-refractivity contribution in [3.05, 3.63) is 59.8 Å². The molecule has 3 aromatic rings. The molecule has 0 aromatic carbocycles. The highest BCUT2D eigenvalue weighted by Gasteiger charge is 2.27. The third-order valence-corrected chi connectivity index (χ3v) is 4.55. The summed E-state index contributed by atoms with van der Waals surface area (Å²) in [7, 11) is 0. The molecule has 0 fully saturated rings. The summed E-state index contributed by atoms with van der Waals surface area (Å²) >= 11 is 0. The fourth-order valence-electron chi connectivity index (χ4n) is 3.27. The lowest BCUT2D eigenvalue weighted by molar-refractivity contribution is 0.0927. The first-order chi connectivity index (χ1) is 12.3. The van der Waals surface area contributed by atoms with Crippen molar-refractivity contribution in [3.63, 3.8) is 0 Å². The number of carbonyl (C=O) groups excluding carboxylic acids is 1. The van der Waals surface area contributed by atoms with Gasteiger partial charge >= 0.3 is 0 Å². The molecule has 1 aliphatic rings. The van der Waals surface area contributed by atoms with E-state index in [0.717, 1.165) is 42.9 Å². The van der Waals surface area contributed by atoms with Gasteiger partial charge in [0.1, 0.15) is 5.69 Å². The fraction of sp³-hybridized carbons (Fsp3) is 0.333. The number of aryl methyl sites for hydroxylation is 1. The van der Waals surface area contributed by atoms with Crippen LogP contribution in [0.15, 0.2) is 42.9 Å². The molecule has 128 valence electrons. The molecular formula is C18H20N6O. The summed E-state index contributed by atoms with van der Waals surface area (Å²) in [6.45, 7) is 2.74. The van der Waals surface area contributed by atoms with Gasteiger partial charge in [0.2, 0.25) is 0 Å². The van der Waals surface area contributed by atoms with Crippen molar-refractivity contribution < 1.29 is 4.79 Å². The molecule has 0 unspecified atom stereocenters. The summed E-state index contributed by atoms with van der Waals surface area (Å²) in [4.78, 5) is 16.9. The predicted octanol–water partition coefficient (Wildman–Crippen LogP) is 2.29. The van der Waals surface area contributed by atoms with E-state index in [4.69, 9.17) is 0 Å². The van der Waals surface area contributed by atoms with Gasteiger partial charge in [-0.25, -0.2) is 9.67 Å². The molecule has 0 spiro atoms. The SMILES string of the molecule is CCn1ccc(C(=O)N[C@@H]2CCCc3c2cnn3-c2ccccn2)n1. The molecule has 1 N–H and O–H groups in total. The van der Waals surface area contributed by atoms with Gasteiger partial charge in [-0.3, -0.25) is 9.48 Å². The molecule has 4 rings (SSSR count). The number of amides is 1. The second-order valence-corrected chi connectivity index (χ2v) is 6.12. The van der Waals surface area contributed by atoms with Crippen molar-refractivity contribution in [2.45, 2.75) is 38.8 Å². The quantitative estimate of drug-likeness (QED) is 0.793. The molecule has 1 atom stereocenters. The number of fused-ring (bicyclic) bond motifs is 1. The highest BCUT2D eigenvalue weighted by Crippen LogP contribution is 2.30. The summed E-state index contributed by atoms with van der Waals surface area (Å²) in [6.07, 6.45) is 8.26. The fourth-order valence-corrected chi connectivity index (χ4v) is 3.27. The van der Waals surface area contributed by atoms with Crippen LogP contribution in [-0.4, -0.2) is 30.5 Å². The van der Waals surface area contributed by atoms with Crippen LogP contribution in [0.4, 0.5) is 0 Å². The number of pyridine rings is 1. The number of rotatable bonds is 4. The molecule has 3 aromatic heterocycles. The van der Waals surface area contributed by atoms with Crippen LogP contribution >= 0.6 is 0 Å². The van der Waals surface area contributed by atoms with E-state index in [2.05, 4.69) is 20.5 Å². The maximum atomic E-state index is 12.5. The van der Waals surface area contributed by atoms with Gasteiger partial charge < -0.3 is 5.32 Å². The summed E-state index contributed by atoms with van der Waals surface area (Å²) in [5, 5.41) is 11.9. The van der Waals surface area contributed by atoms with Crippen LogP contribution in [0, 0.1) is 0 Å². The van der Waals surface area contributed by atoms with Gasteiger partial charge in [0.15, 0.2) is 5.82 Å². The van der Waals surface area contributed by atoms with Crippen molar-refractivity contribution in [2.75, 3.05) is 0 Å². The van der Waals surface area contributed by atoms with E-state index in [-0.39, 0.29) is 11.9 Å². The Morgan fingerprint density at radius 3 is 3.04 bits per heavy atom. The van der Waals surface area contributed by atoms with Crippen molar-refractivity contribution in [3.8, 4) is 5.82 Å². The molecule has 0 saturated heterocycles. The number of hydrogen-bond acceptors (Lipinski definition) is 4. The van der Waals surface area contributed by atoms with E-state index >= 15 is 0 Å². The van der Waals surface area contributed by atoms with Crippen molar-refractivity contribution in [1.82, 2.24) is 29.9 Å². The number of carbonyl (C=O) groups is 1. The Balaban J connectivity index is 1.58. The van der Waals surface area contributed by atoms with Gasteiger partial charge in [-0.1, -0.05) is 6.07 Å². The van der Waals surface area contributed by atoms with E-state index in [9.17, 15) is 4.79 Å². The van der Waals surface area contributed by atoms with E-state index in [1.54, 1.807) is 16.9 Å². The Labute approximate surface area is 145 Å². The normalized spacial score (nSPS) is 16.4. The van der Waals surface area contributed by atoms with Gasteiger partial charge in [0.05, 0.1) is 17.9 Å². The zero-order chi connectivity index (χ0) is 17.2. The molecule has 7 nitrogen and oxygen atoms in total. The molecular weight excluding hydrogens is 316 g/mol. The summed E-state index contributed by atoms with van der Waals surface area (Å²) in [6, 6.07) is 7.48. The molecule has 25 heavy (non-hydrogen) atoms. The second kappa shape index (κ2) is 6.51. The highest BCUT2D eigenvalue weighted by atomic mass is 16.2. The minimum atomic E-state index is -0.143. The van der Waals surface area contributed by atoms with E-state index in [1.807, 2.05) is 42.2 Å². The highest BCUT2D eigenvalue weighted by molar-refractivity contribution is 5.92. The van der Waals surface area contributed by atoms with Crippen LogP contribution in [0.25, 0.3) is 5.82 Å². The minimum absolute atomic E-state index is 0.0412. The van der Waals surface area contributed by atoms with Crippen molar-refractivity contribution >= 4 is 5.91 Å². The van der Waals surface area contributed by atoms with E-state index in [0.29, 0.717) is 5.69 Å². The first kappa shape index (κ1) is 15.6. The standard InChI is InChI=1S/C18H20N6O/c1-2-23-11-9-15(22-23)18(25)21-14-6-5-7-16-13(14)12-20-24(16)17-8-3-4-10-19-17/h3-4,8-12,14H,2,5-7H2,1H3,(H,21,25)/t14-/m1/s1. The Bertz CT molecular complexity index is 882. The van der Waals surface area contributed by atoms with Gasteiger partial charge in [-0.05, 0) is 44.4 Å². The lowest BCUT2D eigenvalue weighted by Gasteiger charge is -2.23. The Hall–Kier alpha value is -2.96. The molecule has 0 saturated carbocycles. The topological polar surface area (TPSA) is 77.6 Å². The second-order valence-electron chi connectivity index (χ2n) is 6.12. The number of nitrogens with one attached hydrogen (secondary N) is 1. The minimum Gasteiger partial charge on any atom is -0.344 e. The van der Waals surface area contributed by atoms with Gasteiger partial charge in [0.25, 0.3) is 5.91 Å². The average Bonchev–Trinajstić information content (AvgIpc) is 3.30. The van der Waals surface area contributed by atoms with Crippen LogP contribution in [0.3, 0.4) is 0 Å². The predicted molar refractivity (Wildman–Crippen MR) is 92.4 cm³/mol. The monoisotopic (exact) mass is 336 g/mol. The van der Waals surface area contributed by atoms with Gasteiger partial charge in [0, 0.05) is 24.5 Å². The molecule has 1 amide bonds. The number of aromatic nitrogens is 5. The van der Waals surface area contributed by atoms with Crippen molar-refractivity contribution in [1.29, 1.82) is 0 Å². The maximum Gasteiger partial charge on any atom is 0.272 e. The maximum absolute atomic E-state index is 12.5. The lowest BCUT2D eigenvalue weighted by Crippen LogP contribution is -2.31. The zero-order valence-electron chi connectivity index (χ0n) is 14.1. The summed E-state index contributed by atoms with van der Waals surface area (Å²) in [5.74, 6) is 0.660. The van der Waals surface area contributed by atoms with Crippen LogP contribution < -0.4 is 5.32 Å². The zero-order valence-corrected chi connectivity index (χ0v) is 14.1. The van der Waals surface area contributed by atoms with Crippen LogP contribution in [0.2, 0.25) is 0 Å². The molecule has 0 radical (unpaired) electrons. The van der Waals surface area contributed by atoms with Crippen LogP contribution in [0.1, 0.15) is 47.6 Å². The Kier molecular flexibility index (Phi) is 4.05. The first-order valence-electron chi connectivity index (χ1n) is 8.58. The average molecular weight is 336 g/mol. The van der Waals surface area contributed by atoms with Crippen LogP contribution in [-0.2, 0) is 13.0 Å². The third-order valence-electron chi connectivity index (χ3n) is 4.55. The third kappa shape index (κ3) is 2.93. The van der Waals surface area contributed by atoms with Gasteiger partial charge in [-0.2, -0.15) is 10.2 Å².